The lowest BCUT2D eigenvalue weighted by atomic mass is 10.0. The molecule has 1 aliphatic heterocycles. The van der Waals surface area contributed by atoms with Gasteiger partial charge in [-0.3, -0.25) is 9.59 Å². The zero-order valence-corrected chi connectivity index (χ0v) is 14.6. The van der Waals surface area contributed by atoms with E-state index in [1.807, 2.05) is 0 Å². The van der Waals surface area contributed by atoms with Gasteiger partial charge in [0, 0.05) is 19.1 Å². The molecule has 0 aliphatic carbocycles. The number of amides is 1. The maximum Gasteiger partial charge on any atom is 0.323 e. The van der Waals surface area contributed by atoms with Crippen LogP contribution >= 0.6 is 0 Å². The van der Waals surface area contributed by atoms with Crippen molar-refractivity contribution in [2.45, 2.75) is 32.7 Å². The van der Waals surface area contributed by atoms with Crippen LogP contribution in [0, 0.1) is 6.92 Å². The third-order valence-electron chi connectivity index (χ3n) is 4.28. The highest BCUT2D eigenvalue weighted by molar-refractivity contribution is 7.89. The fourth-order valence-electron chi connectivity index (χ4n) is 2.89. The summed E-state index contributed by atoms with van der Waals surface area (Å²) >= 11 is 0. The molecule has 2 heterocycles. The second-order valence-corrected chi connectivity index (χ2v) is 8.01. The molecule has 1 amide bonds. The van der Waals surface area contributed by atoms with Crippen LogP contribution in [0.1, 0.15) is 35.9 Å². The first-order valence-electron chi connectivity index (χ1n) is 7.81. The standard InChI is InChI=1S/C15H22N2O6S/c1-3-24(21,22)16-7-4-12(5-8-16)17(10-14(18)19)15(20)13-6-9-23-11(13)2/h6,9,12H,3-5,7-8,10H2,1-2H3,(H,18,19). The number of carboxylic acid groups (broad SMARTS) is 1. The van der Waals surface area contributed by atoms with Crippen LogP contribution in [0.25, 0.3) is 0 Å². The first-order valence-corrected chi connectivity index (χ1v) is 9.42. The Morgan fingerprint density at radius 3 is 2.46 bits per heavy atom. The molecule has 134 valence electrons. The van der Waals surface area contributed by atoms with Gasteiger partial charge in [-0.25, -0.2) is 12.7 Å². The molecule has 1 fully saturated rings. The van der Waals surface area contributed by atoms with Crippen molar-refractivity contribution in [3.63, 3.8) is 0 Å². The number of aliphatic carboxylic acids is 1. The van der Waals surface area contributed by atoms with E-state index in [-0.39, 0.29) is 24.9 Å². The van der Waals surface area contributed by atoms with Gasteiger partial charge in [0.1, 0.15) is 12.3 Å². The number of rotatable bonds is 6. The Kier molecular flexibility index (Phi) is 5.66. The molecule has 1 aromatic heterocycles. The highest BCUT2D eigenvalue weighted by atomic mass is 32.2. The van der Waals surface area contributed by atoms with Crippen molar-refractivity contribution in [2.75, 3.05) is 25.4 Å². The van der Waals surface area contributed by atoms with E-state index >= 15 is 0 Å². The first-order chi connectivity index (χ1) is 11.3. The topological polar surface area (TPSA) is 108 Å². The van der Waals surface area contributed by atoms with E-state index in [0.717, 1.165) is 0 Å². The molecule has 1 saturated heterocycles. The van der Waals surface area contributed by atoms with Crippen LogP contribution in [0.15, 0.2) is 16.7 Å². The average molecular weight is 358 g/mol. The zero-order chi connectivity index (χ0) is 17.9. The van der Waals surface area contributed by atoms with Crippen molar-refractivity contribution in [3.05, 3.63) is 23.7 Å². The minimum atomic E-state index is -3.27. The lowest BCUT2D eigenvalue weighted by Crippen LogP contribution is -2.50. The number of nitrogens with zero attached hydrogens (tertiary/aromatic N) is 2. The Balaban J connectivity index is 2.14. The van der Waals surface area contributed by atoms with E-state index in [1.54, 1.807) is 13.8 Å². The molecule has 0 aromatic carbocycles. The molecule has 0 unspecified atom stereocenters. The van der Waals surface area contributed by atoms with Crippen LogP contribution in [0.2, 0.25) is 0 Å². The number of hydrogen-bond donors (Lipinski definition) is 1. The number of hydrogen-bond acceptors (Lipinski definition) is 5. The molecule has 1 N–H and O–H groups in total. The third-order valence-corrected chi connectivity index (χ3v) is 6.16. The largest absolute Gasteiger partial charge is 0.480 e. The molecule has 0 atom stereocenters. The summed E-state index contributed by atoms with van der Waals surface area (Å²) in [5.41, 5.74) is 0.333. The number of piperidine rings is 1. The highest BCUT2D eigenvalue weighted by Crippen LogP contribution is 2.22. The predicted molar refractivity (Wildman–Crippen MR) is 86.2 cm³/mol. The van der Waals surface area contributed by atoms with Crippen molar-refractivity contribution >= 4 is 21.9 Å². The number of sulfonamides is 1. The molecule has 0 bridgehead atoms. The fraction of sp³-hybridized carbons (Fsp3) is 0.600. The molecule has 24 heavy (non-hydrogen) atoms. The van der Waals surface area contributed by atoms with Crippen molar-refractivity contribution < 1.29 is 27.5 Å². The highest BCUT2D eigenvalue weighted by Gasteiger charge is 2.33. The zero-order valence-electron chi connectivity index (χ0n) is 13.8. The summed E-state index contributed by atoms with van der Waals surface area (Å²) in [5, 5.41) is 9.13. The Hall–Kier alpha value is -1.87. The number of furan rings is 1. The second-order valence-electron chi connectivity index (χ2n) is 5.75. The summed E-state index contributed by atoms with van der Waals surface area (Å²) in [6.45, 7) is 3.38. The maximum absolute atomic E-state index is 12.7. The van der Waals surface area contributed by atoms with E-state index in [9.17, 15) is 18.0 Å². The van der Waals surface area contributed by atoms with Gasteiger partial charge >= 0.3 is 5.97 Å². The number of aryl methyl sites for hydroxylation is 1. The number of carbonyl (C=O) groups excluding carboxylic acids is 1. The molecule has 9 heteroatoms. The van der Waals surface area contributed by atoms with Gasteiger partial charge in [0.25, 0.3) is 5.91 Å². The lowest BCUT2D eigenvalue weighted by molar-refractivity contribution is -0.138. The van der Waals surface area contributed by atoms with Crippen LogP contribution in [-0.4, -0.2) is 66.0 Å². The average Bonchev–Trinajstić information content (AvgIpc) is 2.98. The van der Waals surface area contributed by atoms with Gasteiger partial charge in [0.15, 0.2) is 0 Å². The minimum absolute atomic E-state index is 0.0314. The van der Waals surface area contributed by atoms with Crippen LogP contribution in [0.5, 0.6) is 0 Å². The van der Waals surface area contributed by atoms with Crippen molar-refractivity contribution in [3.8, 4) is 0 Å². The quantitative estimate of drug-likeness (QED) is 0.810. The van der Waals surface area contributed by atoms with Gasteiger partial charge < -0.3 is 14.4 Å². The summed E-state index contributed by atoms with van der Waals surface area (Å²) in [7, 11) is -3.27. The summed E-state index contributed by atoms with van der Waals surface area (Å²) in [6, 6.07) is 1.20. The second kappa shape index (κ2) is 7.35. The van der Waals surface area contributed by atoms with E-state index in [4.69, 9.17) is 9.52 Å². The van der Waals surface area contributed by atoms with E-state index in [2.05, 4.69) is 0 Å². The third kappa shape index (κ3) is 3.96. The Morgan fingerprint density at radius 1 is 1.38 bits per heavy atom. The predicted octanol–water partition coefficient (Wildman–Crippen LogP) is 0.929. The molecule has 0 saturated carbocycles. The number of carbonyl (C=O) groups is 2. The van der Waals surface area contributed by atoms with E-state index < -0.39 is 28.4 Å². The van der Waals surface area contributed by atoms with Crippen LogP contribution in [0.4, 0.5) is 0 Å². The van der Waals surface area contributed by atoms with Crippen LogP contribution in [0.3, 0.4) is 0 Å². The minimum Gasteiger partial charge on any atom is -0.480 e. The molecule has 0 spiro atoms. The molecule has 8 nitrogen and oxygen atoms in total. The fourth-order valence-corrected chi connectivity index (χ4v) is 4.02. The van der Waals surface area contributed by atoms with Gasteiger partial charge in [-0.1, -0.05) is 0 Å². The maximum atomic E-state index is 12.7. The summed E-state index contributed by atoms with van der Waals surface area (Å²) in [6.07, 6.45) is 2.21. The van der Waals surface area contributed by atoms with Gasteiger partial charge in [0.05, 0.1) is 17.6 Å². The van der Waals surface area contributed by atoms with Crippen molar-refractivity contribution in [1.82, 2.24) is 9.21 Å². The molecule has 1 aromatic rings. The van der Waals surface area contributed by atoms with Gasteiger partial charge in [-0.2, -0.15) is 0 Å². The first kappa shape index (κ1) is 18.5. The molecular weight excluding hydrogens is 336 g/mol. The van der Waals surface area contributed by atoms with Crippen molar-refractivity contribution in [1.29, 1.82) is 0 Å². The monoisotopic (exact) mass is 358 g/mol. The van der Waals surface area contributed by atoms with Gasteiger partial charge in [-0.15, -0.1) is 0 Å². The molecule has 2 rings (SSSR count). The Bertz CT molecular complexity index is 703. The van der Waals surface area contributed by atoms with Gasteiger partial charge in [0.2, 0.25) is 10.0 Å². The SMILES string of the molecule is CCS(=O)(=O)N1CCC(N(CC(=O)O)C(=O)c2ccoc2C)CC1. The normalized spacial score (nSPS) is 16.9. The summed E-state index contributed by atoms with van der Waals surface area (Å²) in [5.74, 6) is -1.04. The molecule has 1 aliphatic rings. The smallest absolute Gasteiger partial charge is 0.323 e. The summed E-state index contributed by atoms with van der Waals surface area (Å²) in [4.78, 5) is 25.1. The van der Waals surface area contributed by atoms with Gasteiger partial charge in [-0.05, 0) is 32.8 Å². The lowest BCUT2D eigenvalue weighted by Gasteiger charge is -2.37. The Labute approximate surface area is 141 Å². The van der Waals surface area contributed by atoms with Crippen LogP contribution < -0.4 is 0 Å². The number of carboxylic acids is 1. The van der Waals surface area contributed by atoms with Crippen molar-refractivity contribution in [2.24, 2.45) is 0 Å². The van der Waals surface area contributed by atoms with Crippen LogP contribution in [-0.2, 0) is 14.8 Å². The van der Waals surface area contributed by atoms with E-state index in [1.165, 1.54) is 21.5 Å². The summed E-state index contributed by atoms with van der Waals surface area (Å²) < 4.78 is 30.3. The molecular formula is C15H22N2O6S. The molecule has 0 radical (unpaired) electrons. The van der Waals surface area contributed by atoms with E-state index in [0.29, 0.717) is 24.2 Å². The Morgan fingerprint density at radius 2 is 2.00 bits per heavy atom.